The summed E-state index contributed by atoms with van der Waals surface area (Å²) >= 11 is 7.45. The van der Waals surface area contributed by atoms with Gasteiger partial charge in [-0.15, -0.1) is 0 Å². The molecule has 0 aliphatic carbocycles. The van der Waals surface area contributed by atoms with Crippen molar-refractivity contribution in [2.24, 2.45) is 0 Å². The normalized spacial score (nSPS) is 11.2. The summed E-state index contributed by atoms with van der Waals surface area (Å²) in [6, 6.07) is 17.6. The lowest BCUT2D eigenvalue weighted by molar-refractivity contribution is -0.119. The Morgan fingerprint density at radius 1 is 1.11 bits per heavy atom. The predicted molar refractivity (Wildman–Crippen MR) is 139 cm³/mol. The number of rotatable bonds is 11. The van der Waals surface area contributed by atoms with E-state index in [1.165, 1.54) is 37.1 Å². The van der Waals surface area contributed by atoms with Gasteiger partial charge in [0.05, 0.1) is 17.7 Å². The molecule has 0 unspecified atom stereocenters. The molecule has 0 aliphatic rings. The number of carbonyl (C=O) groups is 1. The van der Waals surface area contributed by atoms with Crippen LogP contribution in [0.1, 0.15) is 11.1 Å². The van der Waals surface area contributed by atoms with Gasteiger partial charge in [0.15, 0.2) is 0 Å². The zero-order valence-electron chi connectivity index (χ0n) is 19.3. The van der Waals surface area contributed by atoms with E-state index in [9.17, 15) is 17.6 Å². The van der Waals surface area contributed by atoms with Gasteiger partial charge in [-0.2, -0.15) is 11.8 Å². The molecule has 0 saturated carbocycles. The molecule has 0 aliphatic heterocycles. The summed E-state index contributed by atoms with van der Waals surface area (Å²) in [4.78, 5) is 12.8. The number of hydrogen-bond acceptors (Lipinski definition) is 5. The molecule has 0 atom stereocenters. The molecule has 3 rings (SSSR count). The summed E-state index contributed by atoms with van der Waals surface area (Å²) in [6.07, 6.45) is 0. The first-order chi connectivity index (χ1) is 16.7. The standard InChI is InChI=1S/C25H26ClFN2O4S2/c1-18-11-12-24(33-2)23(15-18)29(35(31,32)19-7-4-3-5-8-19)16-25(30)28-13-14-34-17-20-21(26)9-6-10-22(20)27/h3-12,15H,13-14,16-17H2,1-2H3,(H,28,30). The fourth-order valence-electron chi connectivity index (χ4n) is 3.31. The number of nitrogens with zero attached hydrogens (tertiary/aromatic N) is 1. The molecule has 1 N–H and O–H groups in total. The van der Waals surface area contributed by atoms with Crippen LogP contribution in [0.3, 0.4) is 0 Å². The van der Waals surface area contributed by atoms with Gasteiger partial charge in [0.1, 0.15) is 18.1 Å². The lowest BCUT2D eigenvalue weighted by Gasteiger charge is -2.26. The molecule has 186 valence electrons. The molecule has 0 radical (unpaired) electrons. The van der Waals surface area contributed by atoms with E-state index >= 15 is 0 Å². The quantitative estimate of drug-likeness (QED) is 0.347. The van der Waals surface area contributed by atoms with Gasteiger partial charge in [0.2, 0.25) is 5.91 Å². The maximum absolute atomic E-state index is 13.9. The lowest BCUT2D eigenvalue weighted by atomic mass is 10.2. The number of thioether (sulfide) groups is 1. The zero-order valence-corrected chi connectivity index (χ0v) is 21.7. The van der Waals surface area contributed by atoms with E-state index in [2.05, 4.69) is 5.32 Å². The number of anilines is 1. The highest BCUT2D eigenvalue weighted by Gasteiger charge is 2.29. The molecule has 3 aromatic carbocycles. The summed E-state index contributed by atoms with van der Waals surface area (Å²) in [7, 11) is -2.60. The maximum atomic E-state index is 13.9. The molecule has 3 aromatic rings. The number of benzene rings is 3. The van der Waals surface area contributed by atoms with Crippen molar-refractivity contribution in [3.05, 3.63) is 88.7 Å². The largest absolute Gasteiger partial charge is 0.495 e. The summed E-state index contributed by atoms with van der Waals surface area (Å²) in [6.45, 7) is 1.68. The highest BCUT2D eigenvalue weighted by molar-refractivity contribution is 7.98. The second-order valence-electron chi connectivity index (χ2n) is 7.60. The summed E-state index contributed by atoms with van der Waals surface area (Å²) < 4.78 is 47.3. The van der Waals surface area contributed by atoms with Crippen molar-refractivity contribution in [1.29, 1.82) is 0 Å². The molecule has 6 nitrogen and oxygen atoms in total. The predicted octanol–water partition coefficient (Wildman–Crippen LogP) is 5.04. The number of methoxy groups -OCH3 is 1. The van der Waals surface area contributed by atoms with Crippen molar-refractivity contribution in [2.45, 2.75) is 17.6 Å². The Labute approximate surface area is 214 Å². The van der Waals surface area contributed by atoms with Crippen molar-refractivity contribution in [2.75, 3.05) is 30.3 Å². The molecular formula is C25H26ClFN2O4S2. The van der Waals surface area contributed by atoms with Crippen LogP contribution in [0.2, 0.25) is 5.02 Å². The first-order valence-electron chi connectivity index (χ1n) is 10.7. The summed E-state index contributed by atoms with van der Waals surface area (Å²) in [5.41, 5.74) is 1.50. The average molecular weight is 537 g/mol. The minimum Gasteiger partial charge on any atom is -0.495 e. The maximum Gasteiger partial charge on any atom is 0.264 e. The molecule has 0 heterocycles. The minimum atomic E-state index is -4.05. The van der Waals surface area contributed by atoms with Crippen LogP contribution >= 0.6 is 23.4 Å². The van der Waals surface area contributed by atoms with Crippen LogP contribution in [0.5, 0.6) is 5.75 Å². The molecule has 0 spiro atoms. The highest BCUT2D eigenvalue weighted by atomic mass is 35.5. The van der Waals surface area contributed by atoms with Gasteiger partial charge < -0.3 is 10.1 Å². The number of carbonyl (C=O) groups excluding carboxylic acids is 1. The number of ether oxygens (including phenoxy) is 1. The summed E-state index contributed by atoms with van der Waals surface area (Å²) in [5, 5.41) is 3.10. The second-order valence-corrected chi connectivity index (χ2v) is 11.0. The van der Waals surface area contributed by atoms with E-state index in [4.69, 9.17) is 16.3 Å². The molecule has 1 amide bonds. The van der Waals surface area contributed by atoms with E-state index in [0.717, 1.165) is 9.87 Å². The number of sulfonamides is 1. The SMILES string of the molecule is COc1ccc(C)cc1N(CC(=O)NCCSCc1c(F)cccc1Cl)S(=O)(=O)c1ccccc1. The smallest absolute Gasteiger partial charge is 0.264 e. The molecule has 0 fully saturated rings. The Balaban J connectivity index is 1.71. The Morgan fingerprint density at radius 2 is 1.86 bits per heavy atom. The third-order valence-electron chi connectivity index (χ3n) is 5.10. The molecular weight excluding hydrogens is 511 g/mol. The van der Waals surface area contributed by atoms with Crippen molar-refractivity contribution >= 4 is 45.0 Å². The van der Waals surface area contributed by atoms with Crippen LogP contribution in [-0.4, -0.2) is 40.3 Å². The lowest BCUT2D eigenvalue weighted by Crippen LogP contribution is -2.41. The number of amides is 1. The molecule has 0 aromatic heterocycles. The Hall–Kier alpha value is -2.75. The number of nitrogens with one attached hydrogen (secondary N) is 1. The molecule has 10 heteroatoms. The van der Waals surface area contributed by atoms with Crippen molar-refractivity contribution in [1.82, 2.24) is 5.32 Å². The molecule has 0 bridgehead atoms. The van der Waals surface area contributed by atoms with E-state index < -0.39 is 22.5 Å². The Kier molecular flexibility index (Phi) is 9.42. The number of aryl methyl sites for hydroxylation is 1. The van der Waals surface area contributed by atoms with E-state index in [1.807, 2.05) is 6.92 Å². The Bertz CT molecular complexity index is 1250. The van der Waals surface area contributed by atoms with Gasteiger partial charge >= 0.3 is 0 Å². The monoisotopic (exact) mass is 536 g/mol. The van der Waals surface area contributed by atoms with E-state index in [0.29, 0.717) is 27.8 Å². The molecule has 0 saturated heterocycles. The zero-order chi connectivity index (χ0) is 25.4. The van der Waals surface area contributed by atoms with Gasteiger partial charge in [0, 0.05) is 28.6 Å². The minimum absolute atomic E-state index is 0.0636. The molecule has 35 heavy (non-hydrogen) atoms. The van der Waals surface area contributed by atoms with Gasteiger partial charge in [-0.05, 0) is 48.9 Å². The van der Waals surface area contributed by atoms with Crippen LogP contribution in [0, 0.1) is 12.7 Å². The topological polar surface area (TPSA) is 75.7 Å². The van der Waals surface area contributed by atoms with E-state index in [1.54, 1.807) is 48.5 Å². The van der Waals surface area contributed by atoms with Gasteiger partial charge in [-0.3, -0.25) is 9.10 Å². The fourth-order valence-corrected chi connectivity index (χ4v) is 5.95. The van der Waals surface area contributed by atoms with Crippen LogP contribution in [0.4, 0.5) is 10.1 Å². The van der Waals surface area contributed by atoms with Crippen LogP contribution in [0.25, 0.3) is 0 Å². The van der Waals surface area contributed by atoms with Gasteiger partial charge in [-0.1, -0.05) is 41.9 Å². The van der Waals surface area contributed by atoms with Crippen molar-refractivity contribution in [3.8, 4) is 5.75 Å². The highest BCUT2D eigenvalue weighted by Crippen LogP contribution is 2.33. The third-order valence-corrected chi connectivity index (χ3v) is 8.21. The number of hydrogen-bond donors (Lipinski definition) is 1. The Morgan fingerprint density at radius 3 is 2.54 bits per heavy atom. The van der Waals surface area contributed by atoms with Crippen molar-refractivity contribution in [3.63, 3.8) is 0 Å². The van der Waals surface area contributed by atoms with E-state index in [-0.39, 0.29) is 22.9 Å². The van der Waals surface area contributed by atoms with Crippen LogP contribution < -0.4 is 14.4 Å². The van der Waals surface area contributed by atoms with Gasteiger partial charge in [-0.25, -0.2) is 12.8 Å². The van der Waals surface area contributed by atoms with Crippen LogP contribution in [-0.2, 0) is 20.6 Å². The van der Waals surface area contributed by atoms with Crippen molar-refractivity contribution < 1.29 is 22.3 Å². The fraction of sp³-hybridized carbons (Fsp3) is 0.240. The summed E-state index contributed by atoms with van der Waals surface area (Å²) in [5.74, 6) is 0.340. The number of halogens is 2. The van der Waals surface area contributed by atoms with Gasteiger partial charge in [0.25, 0.3) is 10.0 Å². The average Bonchev–Trinajstić information content (AvgIpc) is 2.84. The first-order valence-corrected chi connectivity index (χ1v) is 13.7. The third kappa shape index (κ3) is 6.90. The second kappa shape index (κ2) is 12.3. The van der Waals surface area contributed by atoms with Crippen LogP contribution in [0.15, 0.2) is 71.6 Å². The first kappa shape index (κ1) is 26.8.